The molecule has 1 saturated carbocycles. The van der Waals surface area contributed by atoms with Crippen molar-refractivity contribution in [3.05, 3.63) is 58.2 Å². The van der Waals surface area contributed by atoms with Crippen molar-refractivity contribution in [2.24, 2.45) is 11.3 Å². The molecule has 9 heteroatoms. The number of hydrogen-bond donors (Lipinski definition) is 1. The third-order valence-corrected chi connectivity index (χ3v) is 8.87. The van der Waals surface area contributed by atoms with Crippen molar-refractivity contribution in [3.8, 4) is 23.0 Å². The summed E-state index contributed by atoms with van der Waals surface area (Å²) in [6.45, 7) is 10.8. The molecule has 0 spiro atoms. The molecule has 2 aromatic rings. The second kappa shape index (κ2) is 15.0. The second-order valence-electron chi connectivity index (χ2n) is 12.9. The Hall–Kier alpha value is -3.08. The van der Waals surface area contributed by atoms with E-state index in [0.717, 1.165) is 34.4 Å². The molecule has 4 atom stereocenters. The molecule has 9 nitrogen and oxygen atoms in total. The average Bonchev–Trinajstić information content (AvgIpc) is 2.99. The van der Waals surface area contributed by atoms with Crippen LogP contribution < -0.4 is 18.9 Å². The Kier molecular flexibility index (Phi) is 11.6. The average molecular weight is 627 g/mol. The zero-order chi connectivity index (χ0) is 32.8. The quantitative estimate of drug-likeness (QED) is 0.145. The molecule has 1 aliphatic carbocycles. The van der Waals surface area contributed by atoms with Crippen molar-refractivity contribution >= 4 is 12.2 Å². The summed E-state index contributed by atoms with van der Waals surface area (Å²) < 4.78 is 46.1. The molecule has 0 unspecified atom stereocenters. The molecule has 1 heterocycles. The van der Waals surface area contributed by atoms with Gasteiger partial charge in [-0.2, -0.15) is 0 Å². The first-order chi connectivity index (χ1) is 21.5. The summed E-state index contributed by atoms with van der Waals surface area (Å²) in [6.07, 6.45) is 6.98. The van der Waals surface area contributed by atoms with E-state index in [0.29, 0.717) is 30.1 Å². The Balaban J connectivity index is 1.70. The van der Waals surface area contributed by atoms with Gasteiger partial charge in [0.25, 0.3) is 0 Å². The van der Waals surface area contributed by atoms with Crippen LogP contribution in [0.5, 0.6) is 23.0 Å². The highest BCUT2D eigenvalue weighted by Crippen LogP contribution is 2.55. The summed E-state index contributed by atoms with van der Waals surface area (Å²) >= 11 is 0. The van der Waals surface area contributed by atoms with Gasteiger partial charge in [-0.25, -0.2) is 0 Å². The molecule has 1 aliphatic heterocycles. The predicted molar refractivity (Wildman–Crippen MR) is 174 cm³/mol. The highest BCUT2D eigenvalue weighted by Gasteiger charge is 2.59. The maximum atomic E-state index is 11.1. The van der Waals surface area contributed by atoms with Gasteiger partial charge in [0.05, 0.1) is 19.3 Å². The van der Waals surface area contributed by atoms with Crippen molar-refractivity contribution in [2.75, 3.05) is 48.8 Å². The van der Waals surface area contributed by atoms with Gasteiger partial charge in [-0.1, -0.05) is 37.6 Å². The summed E-state index contributed by atoms with van der Waals surface area (Å²) in [5, 5.41) is 11.1. The maximum absolute atomic E-state index is 11.1. The van der Waals surface area contributed by atoms with Gasteiger partial charge in [0.1, 0.15) is 23.9 Å². The molecule has 0 amide bonds. The summed E-state index contributed by atoms with van der Waals surface area (Å²) in [4.78, 5) is 0. The van der Waals surface area contributed by atoms with Crippen LogP contribution in [0.25, 0.3) is 12.2 Å². The highest BCUT2D eigenvalue weighted by atomic mass is 16.7. The van der Waals surface area contributed by atoms with Gasteiger partial charge in [0.15, 0.2) is 25.1 Å². The SMILES string of the molecule is COCOc1cc(/C=C/c2cc3c(c(OC)c2)O[C@]2(C)C[C@@H](O)[C@@H](OCOC)C(C)(C)[C@H]2C3)cc(OCOC)c1CC=C(C)C. The Bertz CT molecular complexity index is 1330. The fourth-order valence-electron chi connectivity index (χ4n) is 6.80. The number of aliphatic hydroxyl groups excluding tert-OH is 1. The molecule has 45 heavy (non-hydrogen) atoms. The fraction of sp³-hybridized carbons (Fsp3) is 0.556. The van der Waals surface area contributed by atoms with Crippen LogP contribution >= 0.6 is 0 Å². The lowest BCUT2D eigenvalue weighted by Gasteiger charge is -2.57. The van der Waals surface area contributed by atoms with Crippen LogP contribution in [0.1, 0.15) is 63.3 Å². The lowest BCUT2D eigenvalue weighted by atomic mass is 9.56. The van der Waals surface area contributed by atoms with E-state index in [9.17, 15) is 5.11 Å². The minimum atomic E-state index is -0.685. The van der Waals surface area contributed by atoms with Gasteiger partial charge in [-0.05, 0) is 74.6 Å². The maximum Gasteiger partial charge on any atom is 0.188 e. The second-order valence-corrected chi connectivity index (χ2v) is 12.9. The van der Waals surface area contributed by atoms with Crippen LogP contribution in [-0.2, 0) is 31.8 Å². The lowest BCUT2D eigenvalue weighted by Crippen LogP contribution is -2.64. The number of allylic oxidation sites excluding steroid dienone is 2. The molecular weight excluding hydrogens is 576 g/mol. The molecule has 0 aromatic heterocycles. The van der Waals surface area contributed by atoms with Gasteiger partial charge in [-0.3, -0.25) is 0 Å². The fourth-order valence-corrected chi connectivity index (χ4v) is 6.80. The summed E-state index contributed by atoms with van der Waals surface area (Å²) in [5.41, 5.74) is 4.07. The van der Waals surface area contributed by atoms with Gasteiger partial charge in [0, 0.05) is 44.6 Å². The molecular formula is C36H50O9. The number of methoxy groups -OCH3 is 4. The van der Waals surface area contributed by atoms with Crippen LogP contribution in [0.3, 0.4) is 0 Å². The van der Waals surface area contributed by atoms with Crippen LogP contribution in [0, 0.1) is 11.3 Å². The van der Waals surface area contributed by atoms with Gasteiger partial charge >= 0.3 is 0 Å². The van der Waals surface area contributed by atoms with E-state index in [-0.39, 0.29) is 37.8 Å². The topological polar surface area (TPSA) is 94.1 Å². The minimum Gasteiger partial charge on any atom is -0.493 e. The number of hydrogen-bond acceptors (Lipinski definition) is 9. The van der Waals surface area contributed by atoms with E-state index < -0.39 is 11.7 Å². The first-order valence-electron chi connectivity index (χ1n) is 15.4. The van der Waals surface area contributed by atoms with Gasteiger partial charge < -0.3 is 43.0 Å². The Morgan fingerprint density at radius 1 is 0.867 bits per heavy atom. The summed E-state index contributed by atoms with van der Waals surface area (Å²) in [5.74, 6) is 2.83. The van der Waals surface area contributed by atoms with Crippen LogP contribution in [0.2, 0.25) is 0 Å². The minimum absolute atomic E-state index is 0.0843. The monoisotopic (exact) mass is 626 g/mol. The zero-order valence-corrected chi connectivity index (χ0v) is 28.2. The molecule has 248 valence electrons. The molecule has 0 bridgehead atoms. The third kappa shape index (κ3) is 7.84. The van der Waals surface area contributed by atoms with Crippen molar-refractivity contribution in [2.45, 2.75) is 71.7 Å². The third-order valence-electron chi connectivity index (χ3n) is 8.87. The van der Waals surface area contributed by atoms with E-state index in [1.54, 1.807) is 28.4 Å². The van der Waals surface area contributed by atoms with Crippen LogP contribution in [0.4, 0.5) is 0 Å². The zero-order valence-electron chi connectivity index (χ0n) is 28.2. The van der Waals surface area contributed by atoms with E-state index in [1.165, 1.54) is 5.57 Å². The van der Waals surface area contributed by atoms with E-state index in [4.69, 9.17) is 37.9 Å². The number of benzene rings is 2. The standard InChI is InChI=1S/C36H50O9/c1-23(2)10-13-27-29(42-20-38-6)15-25(16-30(27)43-21-39-7)12-11-24-14-26-18-32-35(3,4)34(44-22-40-8)28(37)19-36(32,5)45-33(26)31(17-24)41-9/h10-12,14-17,28,32,34,37H,13,18-22H2,1-9H3/b12-11+/t28-,32-,34-,36-/m1/s1. The molecule has 2 aromatic carbocycles. The van der Waals surface area contributed by atoms with E-state index >= 15 is 0 Å². The largest absolute Gasteiger partial charge is 0.493 e. The molecule has 1 fully saturated rings. The normalized spacial score (nSPS) is 23.6. The molecule has 0 radical (unpaired) electrons. The van der Waals surface area contributed by atoms with Crippen molar-refractivity contribution in [3.63, 3.8) is 0 Å². The van der Waals surface area contributed by atoms with Crippen molar-refractivity contribution < 1.29 is 43.0 Å². The number of aliphatic hydroxyl groups is 1. The Labute approximate surface area is 268 Å². The number of ether oxygens (including phenoxy) is 8. The highest BCUT2D eigenvalue weighted by molar-refractivity contribution is 5.74. The van der Waals surface area contributed by atoms with Crippen LogP contribution in [-0.4, -0.2) is 71.7 Å². The summed E-state index contributed by atoms with van der Waals surface area (Å²) in [6, 6.07) is 8.10. The first-order valence-corrected chi connectivity index (χ1v) is 15.4. The molecule has 0 saturated heterocycles. The Morgan fingerprint density at radius 3 is 2.00 bits per heavy atom. The van der Waals surface area contributed by atoms with Crippen molar-refractivity contribution in [1.82, 2.24) is 0 Å². The summed E-state index contributed by atoms with van der Waals surface area (Å²) in [7, 11) is 6.44. The lowest BCUT2D eigenvalue weighted by molar-refractivity contribution is -0.226. The first kappa shape index (κ1) is 34.8. The van der Waals surface area contributed by atoms with Gasteiger partial charge in [0.2, 0.25) is 0 Å². The van der Waals surface area contributed by atoms with Crippen molar-refractivity contribution in [1.29, 1.82) is 0 Å². The van der Waals surface area contributed by atoms with E-state index in [2.05, 4.69) is 46.8 Å². The molecule has 4 rings (SSSR count). The van der Waals surface area contributed by atoms with Gasteiger partial charge in [-0.15, -0.1) is 0 Å². The Morgan fingerprint density at radius 2 is 1.44 bits per heavy atom. The van der Waals surface area contributed by atoms with E-state index in [1.807, 2.05) is 30.4 Å². The molecule has 1 N–H and O–H groups in total. The predicted octanol–water partition coefficient (Wildman–Crippen LogP) is 6.43. The smallest absolute Gasteiger partial charge is 0.188 e. The number of rotatable bonds is 14. The molecule has 2 aliphatic rings. The number of fused-ring (bicyclic) bond motifs is 2. The van der Waals surface area contributed by atoms with Crippen LogP contribution in [0.15, 0.2) is 35.9 Å².